The van der Waals surface area contributed by atoms with Crippen molar-refractivity contribution < 1.29 is 14.6 Å². The Balaban J connectivity index is 1.47. The Bertz CT molecular complexity index is 1080. The van der Waals surface area contributed by atoms with Gasteiger partial charge in [-0.1, -0.05) is 121 Å². The van der Waals surface area contributed by atoms with Crippen LogP contribution in [0.25, 0.3) is 0 Å². The summed E-state index contributed by atoms with van der Waals surface area (Å²) in [6.07, 6.45) is 1.23. The Morgan fingerprint density at radius 2 is 1.09 bits per heavy atom. The number of benzene rings is 4. The monoisotopic (exact) mass is 466 g/mol. The van der Waals surface area contributed by atoms with Gasteiger partial charge < -0.3 is 14.6 Å². The van der Waals surface area contributed by atoms with E-state index in [1.54, 1.807) is 0 Å². The number of ether oxygens (including phenoxy) is 2. The maximum Gasteiger partial charge on any atom is 0.113 e. The topological polar surface area (TPSA) is 38.7 Å². The van der Waals surface area contributed by atoms with E-state index in [2.05, 4.69) is 36.4 Å². The molecule has 4 rings (SSSR count). The van der Waals surface area contributed by atoms with Crippen molar-refractivity contribution >= 4 is 0 Å². The molecule has 0 aliphatic rings. The van der Waals surface area contributed by atoms with Gasteiger partial charge in [0.2, 0.25) is 0 Å². The van der Waals surface area contributed by atoms with Gasteiger partial charge >= 0.3 is 0 Å². The molecule has 3 nitrogen and oxygen atoms in total. The minimum atomic E-state index is -0.761. The van der Waals surface area contributed by atoms with Crippen LogP contribution in [0.5, 0.6) is 0 Å². The second-order valence-corrected chi connectivity index (χ2v) is 8.80. The zero-order chi connectivity index (χ0) is 24.1. The van der Waals surface area contributed by atoms with Gasteiger partial charge in [0.15, 0.2) is 0 Å². The molecule has 3 heteroatoms. The maximum absolute atomic E-state index is 11.3. The normalized spacial score (nSPS) is 13.7. The fourth-order valence-electron chi connectivity index (χ4n) is 4.24. The van der Waals surface area contributed by atoms with E-state index < -0.39 is 12.2 Å². The van der Waals surface area contributed by atoms with E-state index in [1.165, 1.54) is 5.56 Å². The first-order valence-corrected chi connectivity index (χ1v) is 12.4. The summed E-state index contributed by atoms with van der Waals surface area (Å²) in [7, 11) is 0. The maximum atomic E-state index is 11.3. The lowest BCUT2D eigenvalue weighted by molar-refractivity contribution is -0.0923. The highest BCUT2D eigenvalue weighted by Crippen LogP contribution is 2.34. The molecule has 3 atom stereocenters. The van der Waals surface area contributed by atoms with Crippen LogP contribution in [-0.4, -0.2) is 17.8 Å². The van der Waals surface area contributed by atoms with Crippen molar-refractivity contribution in [1.82, 2.24) is 0 Å². The van der Waals surface area contributed by atoms with Gasteiger partial charge in [-0.3, -0.25) is 0 Å². The summed E-state index contributed by atoms with van der Waals surface area (Å²) in [6, 6.07) is 40.5. The van der Waals surface area contributed by atoms with Crippen LogP contribution in [-0.2, 0) is 22.5 Å². The molecule has 0 aromatic heterocycles. The average Bonchev–Trinajstić information content (AvgIpc) is 2.94. The van der Waals surface area contributed by atoms with Gasteiger partial charge in [0.05, 0.1) is 12.7 Å². The van der Waals surface area contributed by atoms with Crippen molar-refractivity contribution in [2.24, 2.45) is 0 Å². The lowest BCUT2D eigenvalue weighted by Gasteiger charge is -2.29. The lowest BCUT2D eigenvalue weighted by atomic mass is 9.97. The Morgan fingerprint density at radius 3 is 1.69 bits per heavy atom. The van der Waals surface area contributed by atoms with Gasteiger partial charge in [-0.25, -0.2) is 0 Å². The summed E-state index contributed by atoms with van der Waals surface area (Å²) in [4.78, 5) is 0. The van der Waals surface area contributed by atoms with Crippen LogP contribution in [0.2, 0.25) is 0 Å². The Hall–Kier alpha value is -3.24. The first kappa shape index (κ1) is 24.9. The van der Waals surface area contributed by atoms with E-state index >= 15 is 0 Å². The number of aliphatic hydroxyl groups is 1. The molecule has 0 aliphatic carbocycles. The standard InChI is InChI=1S/C32H34O3/c33-31(28-17-9-3-10-18-28)32(29-19-11-4-12-20-29)35-30(22-21-26-13-5-1-6-14-26)23-24-34-25-27-15-7-2-8-16-27/h1-20,30-33H,21-25H2/t30?,31-,32-/m1/s1. The highest BCUT2D eigenvalue weighted by Gasteiger charge is 2.27. The molecule has 0 spiro atoms. The van der Waals surface area contributed by atoms with Crippen molar-refractivity contribution in [3.63, 3.8) is 0 Å². The van der Waals surface area contributed by atoms with Gasteiger partial charge in [0.1, 0.15) is 12.2 Å². The molecular formula is C32H34O3. The quantitative estimate of drug-likeness (QED) is 0.214. The number of hydrogen-bond donors (Lipinski definition) is 1. The molecule has 1 N–H and O–H groups in total. The van der Waals surface area contributed by atoms with Gasteiger partial charge in [-0.05, 0) is 41.5 Å². The minimum Gasteiger partial charge on any atom is -0.385 e. The van der Waals surface area contributed by atoms with Crippen LogP contribution >= 0.6 is 0 Å². The van der Waals surface area contributed by atoms with Gasteiger partial charge in [-0.15, -0.1) is 0 Å². The smallest absolute Gasteiger partial charge is 0.113 e. The molecule has 180 valence electrons. The summed E-state index contributed by atoms with van der Waals surface area (Å²) < 4.78 is 12.7. The zero-order valence-electron chi connectivity index (χ0n) is 20.1. The molecule has 0 bridgehead atoms. The fraction of sp³-hybridized carbons (Fsp3) is 0.250. The molecule has 0 aliphatic heterocycles. The van der Waals surface area contributed by atoms with Crippen LogP contribution < -0.4 is 0 Å². The first-order chi connectivity index (χ1) is 17.3. The lowest BCUT2D eigenvalue weighted by Crippen LogP contribution is -2.24. The summed E-state index contributed by atoms with van der Waals surface area (Å²) in [5.74, 6) is 0. The summed E-state index contributed by atoms with van der Waals surface area (Å²) in [5, 5.41) is 11.3. The van der Waals surface area contributed by atoms with Gasteiger partial charge in [-0.2, -0.15) is 0 Å². The van der Waals surface area contributed by atoms with E-state index in [1.807, 2.05) is 84.9 Å². The number of hydrogen-bond acceptors (Lipinski definition) is 3. The van der Waals surface area contributed by atoms with Crippen molar-refractivity contribution in [2.45, 2.75) is 44.2 Å². The van der Waals surface area contributed by atoms with Crippen LogP contribution in [0.3, 0.4) is 0 Å². The van der Waals surface area contributed by atoms with E-state index in [0.717, 1.165) is 36.0 Å². The highest BCUT2D eigenvalue weighted by molar-refractivity contribution is 5.25. The molecule has 0 saturated heterocycles. The molecule has 4 aromatic carbocycles. The van der Waals surface area contributed by atoms with Gasteiger partial charge in [0.25, 0.3) is 0 Å². The van der Waals surface area contributed by atoms with Gasteiger partial charge in [0, 0.05) is 6.61 Å². The number of aryl methyl sites for hydroxylation is 1. The number of rotatable bonds is 13. The third kappa shape index (κ3) is 7.90. The third-order valence-electron chi connectivity index (χ3n) is 6.19. The van der Waals surface area contributed by atoms with E-state index in [-0.39, 0.29) is 6.10 Å². The third-order valence-corrected chi connectivity index (χ3v) is 6.19. The predicted octanol–water partition coefficient (Wildman–Crippen LogP) is 7.09. The van der Waals surface area contributed by atoms with Crippen molar-refractivity contribution in [3.05, 3.63) is 144 Å². The van der Waals surface area contributed by atoms with Crippen LogP contribution in [0.1, 0.15) is 47.3 Å². The van der Waals surface area contributed by atoms with Crippen LogP contribution in [0, 0.1) is 0 Å². The van der Waals surface area contributed by atoms with E-state index in [0.29, 0.717) is 13.2 Å². The molecular weight excluding hydrogens is 432 g/mol. The molecule has 1 unspecified atom stereocenters. The second kappa shape index (κ2) is 13.6. The fourth-order valence-corrected chi connectivity index (χ4v) is 4.24. The molecule has 35 heavy (non-hydrogen) atoms. The summed E-state index contributed by atoms with van der Waals surface area (Å²) in [6.45, 7) is 1.18. The van der Waals surface area contributed by atoms with Crippen LogP contribution in [0.4, 0.5) is 0 Å². The minimum absolute atomic E-state index is 0.0606. The second-order valence-electron chi connectivity index (χ2n) is 8.80. The summed E-state index contributed by atoms with van der Waals surface area (Å²) >= 11 is 0. The Morgan fingerprint density at radius 1 is 0.571 bits per heavy atom. The molecule has 0 amide bonds. The average molecular weight is 467 g/mol. The predicted molar refractivity (Wildman–Crippen MR) is 141 cm³/mol. The van der Waals surface area contributed by atoms with E-state index in [9.17, 15) is 5.11 Å². The molecule has 0 saturated carbocycles. The SMILES string of the molecule is O[C@H](c1ccccc1)[C@H](OC(CCOCc1ccccc1)CCc1ccccc1)c1ccccc1. The molecule has 0 fully saturated rings. The molecule has 0 heterocycles. The Kier molecular flexibility index (Phi) is 9.66. The summed E-state index contributed by atoms with van der Waals surface area (Å²) in [5.41, 5.74) is 4.27. The van der Waals surface area contributed by atoms with Crippen molar-refractivity contribution in [1.29, 1.82) is 0 Å². The van der Waals surface area contributed by atoms with E-state index in [4.69, 9.17) is 9.47 Å². The van der Waals surface area contributed by atoms with Crippen LogP contribution in [0.15, 0.2) is 121 Å². The zero-order valence-corrected chi connectivity index (χ0v) is 20.1. The van der Waals surface area contributed by atoms with Crippen molar-refractivity contribution in [2.75, 3.05) is 6.61 Å². The highest BCUT2D eigenvalue weighted by atomic mass is 16.5. The molecule has 4 aromatic rings. The molecule has 0 radical (unpaired) electrons. The Labute approximate surface area is 209 Å². The number of aliphatic hydroxyl groups excluding tert-OH is 1. The largest absolute Gasteiger partial charge is 0.385 e. The first-order valence-electron chi connectivity index (χ1n) is 12.4. The van der Waals surface area contributed by atoms with Crippen molar-refractivity contribution in [3.8, 4) is 0 Å².